The van der Waals surface area contributed by atoms with Gasteiger partial charge >= 0.3 is 0 Å². The number of rotatable bonds is 3. The zero-order chi connectivity index (χ0) is 12.3. The van der Waals surface area contributed by atoms with E-state index in [-0.39, 0.29) is 5.82 Å². The highest BCUT2D eigenvalue weighted by Crippen LogP contribution is 2.25. The monoisotopic (exact) mass is 299 g/mol. The Balaban J connectivity index is 1.86. The molecule has 1 unspecified atom stereocenters. The zero-order valence-electron chi connectivity index (χ0n) is 10.2. The van der Waals surface area contributed by atoms with E-state index in [2.05, 4.69) is 27.8 Å². The molecule has 0 aromatic heterocycles. The van der Waals surface area contributed by atoms with Crippen LogP contribution in [0.5, 0.6) is 0 Å². The molecule has 0 radical (unpaired) electrons. The molecule has 0 aliphatic carbocycles. The maximum Gasteiger partial charge on any atom is 0.123 e. The molecule has 1 saturated heterocycles. The summed E-state index contributed by atoms with van der Waals surface area (Å²) in [7, 11) is 0. The van der Waals surface area contributed by atoms with Crippen LogP contribution >= 0.6 is 15.9 Å². The van der Waals surface area contributed by atoms with E-state index in [9.17, 15) is 4.39 Å². The molecule has 1 heterocycles. The zero-order valence-corrected chi connectivity index (χ0v) is 11.8. The topological polar surface area (TPSA) is 3.24 Å². The van der Waals surface area contributed by atoms with Crippen molar-refractivity contribution in [3.05, 3.63) is 35.6 Å². The van der Waals surface area contributed by atoms with Crippen LogP contribution in [0.15, 0.2) is 24.3 Å². The molecule has 94 valence electrons. The van der Waals surface area contributed by atoms with Crippen molar-refractivity contribution in [2.24, 2.45) is 5.92 Å². The van der Waals surface area contributed by atoms with Crippen molar-refractivity contribution in [1.29, 1.82) is 0 Å². The second-order valence-electron chi connectivity index (χ2n) is 4.92. The summed E-state index contributed by atoms with van der Waals surface area (Å²) in [4.78, 5) is 3.03. The largest absolute Gasteiger partial charge is 0.299 e. The van der Waals surface area contributed by atoms with Crippen molar-refractivity contribution in [3.8, 4) is 0 Å². The minimum atomic E-state index is -0.133. The molecule has 0 N–H and O–H groups in total. The molecule has 0 spiro atoms. The summed E-state index contributed by atoms with van der Waals surface area (Å²) in [5, 5.41) is 0. The first-order valence-electron chi connectivity index (χ1n) is 6.26. The van der Waals surface area contributed by atoms with Gasteiger partial charge in [0.2, 0.25) is 0 Å². The lowest BCUT2D eigenvalue weighted by molar-refractivity contribution is 0.178. The van der Waals surface area contributed by atoms with Gasteiger partial charge in [0.15, 0.2) is 0 Å². The molecular formula is C14H19BrFN. The molecule has 1 aromatic rings. The Morgan fingerprint density at radius 1 is 1.41 bits per heavy atom. The fourth-order valence-electron chi connectivity index (χ4n) is 2.46. The van der Waals surface area contributed by atoms with E-state index in [1.54, 1.807) is 12.1 Å². The van der Waals surface area contributed by atoms with E-state index in [0.717, 1.165) is 31.1 Å². The third kappa shape index (κ3) is 3.78. The van der Waals surface area contributed by atoms with Crippen molar-refractivity contribution >= 4 is 15.9 Å². The van der Waals surface area contributed by atoms with Crippen LogP contribution in [0.3, 0.4) is 0 Å². The number of alkyl halides is 1. The van der Waals surface area contributed by atoms with Crippen LogP contribution in [0.25, 0.3) is 0 Å². The summed E-state index contributed by atoms with van der Waals surface area (Å²) >= 11 is 3.66. The van der Waals surface area contributed by atoms with Gasteiger partial charge in [0, 0.05) is 11.4 Å². The number of hydrogen-bond donors (Lipinski definition) is 0. The molecule has 1 aliphatic rings. The number of hydrogen-bond acceptors (Lipinski definition) is 1. The Labute approximate surface area is 111 Å². The second kappa shape index (κ2) is 5.96. The average Bonchev–Trinajstić information content (AvgIpc) is 2.29. The van der Waals surface area contributed by atoms with Crippen molar-refractivity contribution < 1.29 is 4.39 Å². The second-order valence-corrected chi connectivity index (χ2v) is 6.37. The summed E-state index contributed by atoms with van der Waals surface area (Å²) in [6.07, 6.45) is 2.48. The van der Waals surface area contributed by atoms with Crippen molar-refractivity contribution in [2.45, 2.75) is 31.1 Å². The SMILES string of the molecule is CC(Br)C1CCN(Cc2cccc(F)c2)CC1. The first-order chi connectivity index (χ1) is 8.15. The Morgan fingerprint density at radius 2 is 2.12 bits per heavy atom. The normalized spacial score (nSPS) is 20.4. The Bertz CT molecular complexity index is 359. The molecule has 0 amide bonds. The molecule has 1 nitrogen and oxygen atoms in total. The van der Waals surface area contributed by atoms with Gasteiger partial charge in [-0.3, -0.25) is 4.90 Å². The lowest BCUT2D eigenvalue weighted by Gasteiger charge is -2.33. The van der Waals surface area contributed by atoms with E-state index in [4.69, 9.17) is 0 Å². The smallest absolute Gasteiger partial charge is 0.123 e. The number of benzene rings is 1. The molecule has 3 heteroatoms. The molecule has 1 fully saturated rings. The van der Waals surface area contributed by atoms with Gasteiger partial charge in [0.25, 0.3) is 0 Å². The third-order valence-corrected chi connectivity index (χ3v) is 4.32. The van der Waals surface area contributed by atoms with E-state index >= 15 is 0 Å². The maximum absolute atomic E-state index is 13.1. The number of halogens is 2. The third-order valence-electron chi connectivity index (χ3n) is 3.58. The quantitative estimate of drug-likeness (QED) is 0.767. The summed E-state index contributed by atoms with van der Waals surface area (Å²) in [6.45, 7) is 5.35. The van der Waals surface area contributed by atoms with Crippen LogP contribution < -0.4 is 0 Å². The molecule has 17 heavy (non-hydrogen) atoms. The molecule has 2 rings (SSSR count). The molecular weight excluding hydrogens is 281 g/mol. The van der Waals surface area contributed by atoms with Gasteiger partial charge in [-0.25, -0.2) is 4.39 Å². The minimum absolute atomic E-state index is 0.133. The number of nitrogens with zero attached hydrogens (tertiary/aromatic N) is 1. The highest BCUT2D eigenvalue weighted by atomic mass is 79.9. The Hall–Kier alpha value is -0.410. The molecule has 1 atom stereocenters. The lowest BCUT2D eigenvalue weighted by atomic mass is 9.94. The Kier molecular flexibility index (Phi) is 4.57. The van der Waals surface area contributed by atoms with Crippen molar-refractivity contribution in [3.63, 3.8) is 0 Å². The molecule has 0 saturated carbocycles. The van der Waals surface area contributed by atoms with Gasteiger partial charge in [-0.1, -0.05) is 35.0 Å². The first kappa shape index (κ1) is 13.0. The van der Waals surface area contributed by atoms with Gasteiger partial charge in [-0.2, -0.15) is 0 Å². The van der Waals surface area contributed by atoms with Gasteiger partial charge in [-0.05, 0) is 49.5 Å². The fraction of sp³-hybridized carbons (Fsp3) is 0.571. The number of piperidine rings is 1. The predicted octanol–water partition coefficient (Wildman–Crippen LogP) is 3.82. The van der Waals surface area contributed by atoms with E-state index in [1.165, 1.54) is 18.9 Å². The summed E-state index contributed by atoms with van der Waals surface area (Å²) < 4.78 is 13.1. The number of likely N-dealkylation sites (tertiary alicyclic amines) is 1. The van der Waals surface area contributed by atoms with Gasteiger partial charge in [0.1, 0.15) is 5.82 Å². The molecule has 1 aliphatic heterocycles. The van der Waals surface area contributed by atoms with Crippen molar-refractivity contribution in [1.82, 2.24) is 4.90 Å². The predicted molar refractivity (Wildman–Crippen MR) is 72.8 cm³/mol. The van der Waals surface area contributed by atoms with Crippen LogP contribution in [-0.4, -0.2) is 22.8 Å². The minimum Gasteiger partial charge on any atom is -0.299 e. The average molecular weight is 300 g/mol. The van der Waals surface area contributed by atoms with Crippen LogP contribution in [0, 0.1) is 11.7 Å². The Morgan fingerprint density at radius 3 is 2.71 bits per heavy atom. The molecule has 0 bridgehead atoms. The maximum atomic E-state index is 13.1. The summed E-state index contributed by atoms with van der Waals surface area (Å²) in [6, 6.07) is 6.93. The molecule has 1 aromatic carbocycles. The van der Waals surface area contributed by atoms with Gasteiger partial charge in [-0.15, -0.1) is 0 Å². The van der Waals surface area contributed by atoms with Gasteiger partial charge < -0.3 is 0 Å². The van der Waals surface area contributed by atoms with Crippen LogP contribution in [0.1, 0.15) is 25.3 Å². The highest BCUT2D eigenvalue weighted by Gasteiger charge is 2.22. The first-order valence-corrected chi connectivity index (χ1v) is 7.17. The lowest BCUT2D eigenvalue weighted by Crippen LogP contribution is -2.35. The van der Waals surface area contributed by atoms with Gasteiger partial charge in [0.05, 0.1) is 0 Å². The van der Waals surface area contributed by atoms with Crippen molar-refractivity contribution in [2.75, 3.05) is 13.1 Å². The van der Waals surface area contributed by atoms with E-state index in [0.29, 0.717) is 4.83 Å². The van der Waals surface area contributed by atoms with Crippen LogP contribution in [0.4, 0.5) is 4.39 Å². The van der Waals surface area contributed by atoms with Crippen LogP contribution in [-0.2, 0) is 6.54 Å². The summed E-state index contributed by atoms with van der Waals surface area (Å²) in [5.74, 6) is 0.658. The standard InChI is InChI=1S/C14H19BrFN/c1-11(15)13-5-7-17(8-6-13)10-12-3-2-4-14(16)9-12/h2-4,9,11,13H,5-8,10H2,1H3. The van der Waals surface area contributed by atoms with E-state index < -0.39 is 0 Å². The summed E-state index contributed by atoms with van der Waals surface area (Å²) in [5.41, 5.74) is 1.08. The van der Waals surface area contributed by atoms with Crippen LogP contribution in [0.2, 0.25) is 0 Å². The highest BCUT2D eigenvalue weighted by molar-refractivity contribution is 9.09. The fourth-order valence-corrected chi connectivity index (χ4v) is 2.99. The van der Waals surface area contributed by atoms with E-state index in [1.807, 2.05) is 6.07 Å².